The molecule has 4 rings (SSSR count). The molecule has 0 spiro atoms. The minimum atomic E-state index is -0.429. The fraction of sp³-hybridized carbons (Fsp3) is 0.500. The Morgan fingerprint density at radius 1 is 1.15 bits per heavy atom. The molecule has 1 aromatic carbocycles. The number of hydrogen-bond acceptors (Lipinski definition) is 5. The first-order valence-electron chi connectivity index (χ1n) is 11.5. The van der Waals surface area contributed by atoms with Crippen LogP contribution in [0, 0.1) is 6.92 Å². The first-order valence-corrected chi connectivity index (χ1v) is 11.5. The Kier molecular flexibility index (Phi) is 6.40. The van der Waals surface area contributed by atoms with Gasteiger partial charge in [-0.2, -0.15) is 4.98 Å². The van der Waals surface area contributed by atoms with Gasteiger partial charge in [0.15, 0.2) is 11.2 Å². The largest absolute Gasteiger partial charge is 0.461 e. The van der Waals surface area contributed by atoms with Gasteiger partial charge < -0.3 is 9.64 Å². The number of aromatic nitrogens is 4. The van der Waals surface area contributed by atoms with Crippen molar-refractivity contribution < 1.29 is 9.53 Å². The average molecular weight is 454 g/mol. The topological polar surface area (TPSA) is 91.4 Å². The van der Waals surface area contributed by atoms with Gasteiger partial charge in [-0.15, -0.1) is 0 Å². The molecule has 0 saturated carbocycles. The van der Waals surface area contributed by atoms with Gasteiger partial charge in [-0.1, -0.05) is 36.8 Å². The van der Waals surface area contributed by atoms with E-state index in [2.05, 4.69) is 11.1 Å². The van der Waals surface area contributed by atoms with Crippen LogP contribution in [0.3, 0.4) is 0 Å². The molecule has 3 aromatic rings. The number of ether oxygens (including phenoxy) is 1. The van der Waals surface area contributed by atoms with Crippen LogP contribution < -0.4 is 16.0 Å². The lowest BCUT2D eigenvalue weighted by Crippen LogP contribution is -2.41. The zero-order valence-corrected chi connectivity index (χ0v) is 19.7. The molecular formula is C24H31N5O4. The van der Waals surface area contributed by atoms with Gasteiger partial charge in [-0.3, -0.25) is 23.3 Å². The van der Waals surface area contributed by atoms with Crippen LogP contribution in [0.1, 0.15) is 43.7 Å². The smallest absolute Gasteiger partial charge is 0.332 e. The molecule has 1 aliphatic rings. The highest BCUT2D eigenvalue weighted by molar-refractivity contribution is 5.76. The normalized spacial score (nSPS) is 14.7. The lowest BCUT2D eigenvalue weighted by molar-refractivity contribution is -0.133. The summed E-state index contributed by atoms with van der Waals surface area (Å²) in [6.45, 7) is 5.70. The number of fused-ring (bicyclic) bond motifs is 1. The Labute approximate surface area is 192 Å². The number of benzene rings is 1. The highest BCUT2D eigenvalue weighted by Crippen LogP contribution is 2.24. The van der Waals surface area contributed by atoms with Gasteiger partial charge in [0.1, 0.15) is 6.10 Å². The van der Waals surface area contributed by atoms with Crippen molar-refractivity contribution in [2.45, 2.75) is 52.2 Å². The fourth-order valence-corrected chi connectivity index (χ4v) is 4.40. The molecule has 3 heterocycles. The summed E-state index contributed by atoms with van der Waals surface area (Å²) in [5, 5.41) is 0. The maximum atomic E-state index is 13.1. The molecule has 9 nitrogen and oxygen atoms in total. The number of nitrogens with zero attached hydrogens (tertiary/aromatic N) is 5. The van der Waals surface area contributed by atoms with E-state index in [-0.39, 0.29) is 12.0 Å². The Bertz CT molecular complexity index is 1290. The monoisotopic (exact) mass is 453 g/mol. The molecule has 0 bridgehead atoms. The van der Waals surface area contributed by atoms with E-state index in [9.17, 15) is 14.4 Å². The van der Waals surface area contributed by atoms with Gasteiger partial charge in [0.2, 0.25) is 5.91 Å². The highest BCUT2D eigenvalue weighted by atomic mass is 16.5. The summed E-state index contributed by atoms with van der Waals surface area (Å²) < 4.78 is 10.5. The van der Waals surface area contributed by atoms with Crippen LogP contribution in [0.4, 0.5) is 0 Å². The lowest BCUT2D eigenvalue weighted by atomic mass is 10.1. The van der Waals surface area contributed by atoms with Crippen molar-refractivity contribution in [2.75, 3.05) is 13.1 Å². The maximum Gasteiger partial charge on any atom is 0.332 e. The number of likely N-dealkylation sites (tertiary alicyclic amines) is 1. The van der Waals surface area contributed by atoms with Crippen LogP contribution >= 0.6 is 0 Å². The van der Waals surface area contributed by atoms with E-state index in [4.69, 9.17) is 4.74 Å². The molecule has 1 aliphatic heterocycles. The minimum Gasteiger partial charge on any atom is -0.461 e. The lowest BCUT2D eigenvalue weighted by Gasteiger charge is -2.32. The molecule has 1 fully saturated rings. The molecule has 0 aliphatic carbocycles. The molecule has 176 valence electrons. The van der Waals surface area contributed by atoms with Crippen molar-refractivity contribution in [1.82, 2.24) is 23.6 Å². The van der Waals surface area contributed by atoms with Crippen LogP contribution in [0.2, 0.25) is 0 Å². The summed E-state index contributed by atoms with van der Waals surface area (Å²) in [6.07, 6.45) is 2.67. The quantitative estimate of drug-likeness (QED) is 0.569. The molecule has 1 amide bonds. The van der Waals surface area contributed by atoms with Crippen molar-refractivity contribution >= 4 is 17.1 Å². The minimum absolute atomic E-state index is 0.121. The van der Waals surface area contributed by atoms with Crippen molar-refractivity contribution in [3.63, 3.8) is 0 Å². The fourth-order valence-electron chi connectivity index (χ4n) is 4.40. The first-order chi connectivity index (χ1) is 15.8. The third kappa shape index (κ3) is 4.44. The summed E-state index contributed by atoms with van der Waals surface area (Å²) in [7, 11) is 3.08. The van der Waals surface area contributed by atoms with E-state index in [0.29, 0.717) is 56.1 Å². The van der Waals surface area contributed by atoms with E-state index in [1.807, 2.05) is 36.9 Å². The second-order valence-electron chi connectivity index (χ2n) is 8.80. The average Bonchev–Trinajstić information content (AvgIpc) is 3.15. The molecule has 9 heteroatoms. The highest BCUT2D eigenvalue weighted by Gasteiger charge is 2.27. The standard InChI is InChI=1S/C24H31N5O4/c1-5-7-19(30)28-12-10-18(11-13-28)33-23-25-21-20(22(31)27(4)24(32)26(21)3)29(23)15-17-9-6-8-16(2)14-17/h6,8-9,14,18H,5,7,10-13,15H2,1-4H3. The zero-order chi connectivity index (χ0) is 23.7. The van der Waals surface area contributed by atoms with Crippen LogP contribution in [0.5, 0.6) is 6.01 Å². The van der Waals surface area contributed by atoms with Crippen molar-refractivity contribution in [2.24, 2.45) is 14.1 Å². The number of imidazole rings is 1. The number of piperidine rings is 1. The summed E-state index contributed by atoms with van der Waals surface area (Å²) in [5.74, 6) is 0.182. The Balaban J connectivity index is 1.69. The second-order valence-corrected chi connectivity index (χ2v) is 8.80. The Morgan fingerprint density at radius 3 is 2.55 bits per heavy atom. The molecule has 0 radical (unpaired) electrons. The van der Waals surface area contributed by atoms with Gasteiger partial charge in [0.05, 0.1) is 6.54 Å². The number of aryl methyl sites for hydroxylation is 2. The van der Waals surface area contributed by atoms with E-state index in [1.165, 1.54) is 11.6 Å². The number of rotatable bonds is 6. The second kappa shape index (κ2) is 9.25. The Hall–Kier alpha value is -3.36. The first kappa shape index (κ1) is 22.8. The molecule has 33 heavy (non-hydrogen) atoms. The molecule has 0 N–H and O–H groups in total. The van der Waals surface area contributed by atoms with E-state index in [1.54, 1.807) is 11.6 Å². The molecule has 1 saturated heterocycles. The van der Waals surface area contributed by atoms with Crippen molar-refractivity contribution in [3.8, 4) is 6.01 Å². The molecule has 0 unspecified atom stereocenters. The third-order valence-electron chi connectivity index (χ3n) is 6.27. The SMILES string of the molecule is CCCC(=O)N1CCC(Oc2nc3c(c(=O)n(C)c(=O)n3C)n2Cc2cccc(C)c2)CC1. The van der Waals surface area contributed by atoms with E-state index in [0.717, 1.165) is 22.1 Å². The third-order valence-corrected chi connectivity index (χ3v) is 6.27. The predicted molar refractivity (Wildman–Crippen MR) is 126 cm³/mol. The van der Waals surface area contributed by atoms with E-state index < -0.39 is 11.2 Å². The maximum absolute atomic E-state index is 13.1. The molecule has 2 aromatic heterocycles. The van der Waals surface area contributed by atoms with Crippen molar-refractivity contribution in [3.05, 3.63) is 56.2 Å². The summed E-state index contributed by atoms with van der Waals surface area (Å²) in [5.41, 5.74) is 1.94. The van der Waals surface area contributed by atoms with Crippen LogP contribution in [-0.4, -0.2) is 48.7 Å². The van der Waals surface area contributed by atoms with Gasteiger partial charge in [0, 0.05) is 46.4 Å². The number of amides is 1. The predicted octanol–water partition coefficient (Wildman–Crippen LogP) is 1.96. The summed E-state index contributed by atoms with van der Waals surface area (Å²) in [6, 6.07) is 8.36. The van der Waals surface area contributed by atoms with Crippen LogP contribution in [0.15, 0.2) is 33.9 Å². The molecule has 0 atom stereocenters. The van der Waals surface area contributed by atoms with Crippen LogP contribution in [-0.2, 0) is 25.4 Å². The number of carbonyl (C=O) groups is 1. The Morgan fingerprint density at radius 2 is 1.88 bits per heavy atom. The summed E-state index contributed by atoms with van der Waals surface area (Å²) >= 11 is 0. The zero-order valence-electron chi connectivity index (χ0n) is 19.7. The van der Waals surface area contributed by atoms with Crippen molar-refractivity contribution in [1.29, 1.82) is 0 Å². The van der Waals surface area contributed by atoms with Gasteiger partial charge >= 0.3 is 5.69 Å². The van der Waals surface area contributed by atoms with Crippen LogP contribution in [0.25, 0.3) is 11.2 Å². The number of hydrogen-bond donors (Lipinski definition) is 0. The van der Waals surface area contributed by atoms with Gasteiger partial charge in [-0.25, -0.2) is 4.79 Å². The van der Waals surface area contributed by atoms with E-state index >= 15 is 0 Å². The molecular weight excluding hydrogens is 422 g/mol. The van der Waals surface area contributed by atoms with Gasteiger partial charge in [0.25, 0.3) is 11.6 Å². The summed E-state index contributed by atoms with van der Waals surface area (Å²) in [4.78, 5) is 44.2. The van der Waals surface area contributed by atoms with Gasteiger partial charge in [-0.05, 0) is 18.9 Å². The number of carbonyl (C=O) groups excluding carboxylic acids is 1.